The number of likely N-dealkylation sites (N-methyl/N-ethyl adjacent to an activating group) is 1. The number of rotatable bonds is 5. The molecule has 0 amide bonds. The fraction of sp³-hybridized carbons (Fsp3) is 0.400. The first kappa shape index (κ1) is 16.4. The summed E-state index contributed by atoms with van der Waals surface area (Å²) in [6.07, 6.45) is 3.78. The van der Waals surface area contributed by atoms with Gasteiger partial charge in [0.05, 0.1) is 6.10 Å². The highest BCUT2D eigenvalue weighted by atomic mass is 32.1. The van der Waals surface area contributed by atoms with Crippen LogP contribution in [0.5, 0.6) is 0 Å². The standard InChI is InChI=1S/C20H25NOS/c1-15(17-8-5-11-21(2)14-17)19(22)13-16-7-3-4-9-18(16)20-10-6-12-23-20/h3-4,6-10,12,15,19,22H,5,11,13-14H2,1-2H3. The number of benzene rings is 1. The maximum absolute atomic E-state index is 10.8. The predicted molar refractivity (Wildman–Crippen MR) is 98.8 cm³/mol. The Hall–Kier alpha value is -1.42. The van der Waals surface area contributed by atoms with Crippen LogP contribution in [0.25, 0.3) is 10.4 Å². The molecule has 0 bridgehead atoms. The van der Waals surface area contributed by atoms with E-state index in [4.69, 9.17) is 0 Å². The lowest BCUT2D eigenvalue weighted by Crippen LogP contribution is -2.32. The maximum atomic E-state index is 10.8. The molecule has 0 saturated heterocycles. The molecule has 3 rings (SSSR count). The maximum Gasteiger partial charge on any atom is 0.0643 e. The predicted octanol–water partition coefficient (Wildman–Crippen LogP) is 4.22. The lowest BCUT2D eigenvalue weighted by Gasteiger charge is -2.29. The van der Waals surface area contributed by atoms with Crippen LogP contribution in [0.1, 0.15) is 18.9 Å². The van der Waals surface area contributed by atoms with Crippen molar-refractivity contribution >= 4 is 11.3 Å². The van der Waals surface area contributed by atoms with E-state index in [1.54, 1.807) is 11.3 Å². The third-order valence-electron chi connectivity index (χ3n) is 4.76. The molecule has 122 valence electrons. The average molecular weight is 327 g/mol. The molecule has 2 heterocycles. The summed E-state index contributed by atoms with van der Waals surface area (Å²) in [6, 6.07) is 12.7. The van der Waals surface area contributed by atoms with E-state index in [0.717, 1.165) is 19.5 Å². The van der Waals surface area contributed by atoms with Crippen LogP contribution in [0.2, 0.25) is 0 Å². The minimum Gasteiger partial charge on any atom is -0.392 e. The van der Waals surface area contributed by atoms with Gasteiger partial charge in [-0.3, -0.25) is 0 Å². The van der Waals surface area contributed by atoms with Gasteiger partial charge in [0.1, 0.15) is 0 Å². The SMILES string of the molecule is CC(C1=CCCN(C)C1)C(O)Cc1ccccc1-c1cccs1. The minimum atomic E-state index is -0.339. The molecule has 2 unspecified atom stereocenters. The molecule has 23 heavy (non-hydrogen) atoms. The molecule has 0 radical (unpaired) electrons. The van der Waals surface area contributed by atoms with Gasteiger partial charge in [0.25, 0.3) is 0 Å². The number of nitrogens with zero attached hydrogens (tertiary/aromatic N) is 1. The van der Waals surface area contributed by atoms with Crippen LogP contribution in [-0.4, -0.2) is 36.2 Å². The molecule has 0 saturated carbocycles. The number of aliphatic hydroxyl groups is 1. The van der Waals surface area contributed by atoms with Crippen molar-refractivity contribution < 1.29 is 5.11 Å². The van der Waals surface area contributed by atoms with Crippen molar-refractivity contribution in [3.05, 3.63) is 59.0 Å². The smallest absolute Gasteiger partial charge is 0.0643 e. The van der Waals surface area contributed by atoms with Crippen molar-refractivity contribution in [2.24, 2.45) is 5.92 Å². The van der Waals surface area contributed by atoms with Crippen LogP contribution in [-0.2, 0) is 6.42 Å². The summed E-state index contributed by atoms with van der Waals surface area (Å²) < 4.78 is 0. The third kappa shape index (κ3) is 3.92. The highest BCUT2D eigenvalue weighted by molar-refractivity contribution is 7.13. The van der Waals surface area contributed by atoms with Crippen LogP contribution < -0.4 is 0 Å². The summed E-state index contributed by atoms with van der Waals surface area (Å²) in [5, 5.41) is 12.9. The van der Waals surface area contributed by atoms with Crippen LogP contribution in [0.15, 0.2) is 53.4 Å². The van der Waals surface area contributed by atoms with Gasteiger partial charge in [-0.25, -0.2) is 0 Å². The summed E-state index contributed by atoms with van der Waals surface area (Å²) in [4.78, 5) is 3.61. The molecule has 0 spiro atoms. The van der Waals surface area contributed by atoms with E-state index >= 15 is 0 Å². The fourth-order valence-electron chi connectivity index (χ4n) is 3.28. The second-order valence-corrected chi connectivity index (χ2v) is 7.45. The van der Waals surface area contributed by atoms with E-state index in [9.17, 15) is 5.11 Å². The zero-order valence-electron chi connectivity index (χ0n) is 13.9. The van der Waals surface area contributed by atoms with E-state index in [1.807, 2.05) is 0 Å². The first-order valence-corrected chi connectivity index (χ1v) is 9.20. The highest BCUT2D eigenvalue weighted by Crippen LogP contribution is 2.30. The Balaban J connectivity index is 1.76. The van der Waals surface area contributed by atoms with Crippen molar-refractivity contribution in [3.63, 3.8) is 0 Å². The Labute approximate surface area is 143 Å². The van der Waals surface area contributed by atoms with Gasteiger partial charge >= 0.3 is 0 Å². The molecule has 2 aromatic rings. The van der Waals surface area contributed by atoms with Gasteiger partial charge in [0.2, 0.25) is 0 Å². The van der Waals surface area contributed by atoms with Gasteiger partial charge < -0.3 is 10.0 Å². The van der Waals surface area contributed by atoms with Crippen molar-refractivity contribution in [1.29, 1.82) is 0 Å². The van der Waals surface area contributed by atoms with Crippen molar-refractivity contribution in [2.75, 3.05) is 20.1 Å². The normalized spacial score (nSPS) is 18.5. The Bertz CT molecular complexity index is 662. The number of thiophene rings is 1. The van der Waals surface area contributed by atoms with Gasteiger partial charge in [-0.1, -0.05) is 48.9 Å². The highest BCUT2D eigenvalue weighted by Gasteiger charge is 2.22. The zero-order valence-corrected chi connectivity index (χ0v) is 14.7. The summed E-state index contributed by atoms with van der Waals surface area (Å²) in [6.45, 7) is 4.25. The van der Waals surface area contributed by atoms with E-state index in [2.05, 4.69) is 66.7 Å². The van der Waals surface area contributed by atoms with Gasteiger partial charge in [0, 0.05) is 23.9 Å². The first-order chi connectivity index (χ1) is 11.1. The minimum absolute atomic E-state index is 0.203. The fourth-order valence-corrected chi connectivity index (χ4v) is 4.06. The van der Waals surface area contributed by atoms with Crippen molar-refractivity contribution in [3.8, 4) is 10.4 Å². The van der Waals surface area contributed by atoms with Crippen LogP contribution in [0.4, 0.5) is 0 Å². The molecular weight excluding hydrogens is 302 g/mol. The summed E-state index contributed by atoms with van der Waals surface area (Å²) in [5.74, 6) is 0.203. The van der Waals surface area contributed by atoms with Gasteiger partial charge in [-0.05, 0) is 42.5 Å². The molecule has 0 fully saturated rings. The second kappa shape index (κ2) is 7.43. The van der Waals surface area contributed by atoms with E-state index in [1.165, 1.54) is 21.6 Å². The first-order valence-electron chi connectivity index (χ1n) is 8.32. The molecule has 1 aromatic heterocycles. The Morgan fingerprint density at radius 2 is 2.04 bits per heavy atom. The molecule has 1 aliphatic rings. The van der Waals surface area contributed by atoms with Crippen LogP contribution >= 0.6 is 11.3 Å². The Kier molecular flexibility index (Phi) is 5.31. The summed E-state index contributed by atoms with van der Waals surface area (Å²) >= 11 is 1.75. The molecule has 2 atom stereocenters. The number of hydrogen-bond donors (Lipinski definition) is 1. The van der Waals surface area contributed by atoms with E-state index in [0.29, 0.717) is 6.42 Å². The molecular formula is C20H25NOS. The van der Waals surface area contributed by atoms with Gasteiger partial charge in [0.15, 0.2) is 0 Å². The molecule has 1 N–H and O–H groups in total. The average Bonchev–Trinajstić information content (AvgIpc) is 3.09. The Morgan fingerprint density at radius 3 is 2.78 bits per heavy atom. The molecule has 2 nitrogen and oxygen atoms in total. The van der Waals surface area contributed by atoms with Gasteiger partial charge in [-0.2, -0.15) is 0 Å². The van der Waals surface area contributed by atoms with E-state index < -0.39 is 0 Å². The second-order valence-electron chi connectivity index (χ2n) is 6.50. The quantitative estimate of drug-likeness (QED) is 0.831. The Morgan fingerprint density at radius 1 is 1.22 bits per heavy atom. The monoisotopic (exact) mass is 327 g/mol. The molecule has 1 aliphatic heterocycles. The largest absolute Gasteiger partial charge is 0.392 e. The van der Waals surface area contributed by atoms with E-state index in [-0.39, 0.29) is 12.0 Å². The topological polar surface area (TPSA) is 23.5 Å². The molecule has 3 heteroatoms. The lowest BCUT2D eigenvalue weighted by molar-refractivity contribution is 0.127. The van der Waals surface area contributed by atoms with Crippen molar-refractivity contribution in [1.82, 2.24) is 4.90 Å². The summed E-state index contributed by atoms with van der Waals surface area (Å²) in [7, 11) is 2.15. The molecule has 0 aliphatic carbocycles. The number of hydrogen-bond acceptors (Lipinski definition) is 3. The summed E-state index contributed by atoms with van der Waals surface area (Å²) in [5.41, 5.74) is 3.86. The zero-order chi connectivity index (χ0) is 16.2. The third-order valence-corrected chi connectivity index (χ3v) is 5.67. The number of aliphatic hydroxyl groups excluding tert-OH is 1. The van der Waals surface area contributed by atoms with Crippen molar-refractivity contribution in [2.45, 2.75) is 25.9 Å². The van der Waals surface area contributed by atoms with Crippen LogP contribution in [0, 0.1) is 5.92 Å². The lowest BCUT2D eigenvalue weighted by atomic mass is 9.87. The molecule has 1 aromatic carbocycles. The van der Waals surface area contributed by atoms with Crippen LogP contribution in [0.3, 0.4) is 0 Å². The van der Waals surface area contributed by atoms with Gasteiger partial charge in [-0.15, -0.1) is 11.3 Å².